The molecule has 0 unspecified atom stereocenters. The molecule has 0 atom stereocenters. The summed E-state index contributed by atoms with van der Waals surface area (Å²) in [6.45, 7) is 0. The minimum atomic E-state index is -4.67. The summed E-state index contributed by atoms with van der Waals surface area (Å²) in [5, 5.41) is 3.66. The van der Waals surface area contributed by atoms with Crippen molar-refractivity contribution >= 4 is 16.5 Å². The Morgan fingerprint density at radius 1 is 0.957 bits per heavy atom. The van der Waals surface area contributed by atoms with Gasteiger partial charge in [0.1, 0.15) is 0 Å². The molecule has 132 valence electrons. The molecule has 0 bridgehead atoms. The van der Waals surface area contributed by atoms with Crippen LogP contribution in [-0.2, 0) is 10.4 Å². The fourth-order valence-electron chi connectivity index (χ4n) is 1.46. The summed E-state index contributed by atoms with van der Waals surface area (Å²) in [5.74, 6) is -4.37. The van der Waals surface area contributed by atoms with Crippen molar-refractivity contribution in [2.45, 2.75) is 0 Å². The van der Waals surface area contributed by atoms with Crippen molar-refractivity contribution in [2.24, 2.45) is 5.14 Å². The van der Waals surface area contributed by atoms with Crippen molar-refractivity contribution < 1.29 is 44.1 Å². The summed E-state index contributed by atoms with van der Waals surface area (Å²) in [6, 6.07) is 0. The smallest absolute Gasteiger partial charge is 0.369 e. The third kappa shape index (κ3) is 6.28. The van der Waals surface area contributed by atoms with E-state index < -0.39 is 50.9 Å². The van der Waals surface area contributed by atoms with E-state index in [1.807, 2.05) is 0 Å². The maximum Gasteiger partial charge on any atom is 0.369 e. The highest BCUT2D eigenvalue weighted by Gasteiger charge is 2.26. The first-order chi connectivity index (χ1) is 10.5. The van der Waals surface area contributed by atoms with E-state index in [4.69, 9.17) is 8.42 Å². The lowest BCUT2D eigenvalue weighted by atomic mass is 10.1. The number of hydrogen-bond donors (Lipinski definition) is 1. The van der Waals surface area contributed by atoms with E-state index in [0.29, 0.717) is 0 Å². The van der Waals surface area contributed by atoms with E-state index in [-0.39, 0.29) is 6.08 Å². The molecule has 0 aliphatic rings. The van der Waals surface area contributed by atoms with Crippen LogP contribution in [0.15, 0.2) is 6.08 Å². The van der Waals surface area contributed by atoms with Crippen molar-refractivity contribution in [2.75, 3.05) is 21.3 Å². The van der Waals surface area contributed by atoms with Crippen LogP contribution in [0.1, 0.15) is 5.56 Å². The fourth-order valence-corrected chi connectivity index (χ4v) is 1.46. The first-order valence-electron chi connectivity index (χ1n) is 5.39. The number of halogens is 5. The predicted molar refractivity (Wildman–Crippen MR) is 70.4 cm³/mol. The van der Waals surface area contributed by atoms with Crippen molar-refractivity contribution in [3.63, 3.8) is 0 Å². The number of rotatable bonds is 4. The second kappa shape index (κ2) is 8.53. The average Bonchev–Trinajstić information content (AvgIpc) is 2.37. The van der Waals surface area contributed by atoms with Crippen LogP contribution in [0, 0.1) is 11.6 Å². The lowest BCUT2D eigenvalue weighted by Gasteiger charge is -2.15. The Kier molecular flexibility index (Phi) is 7.75. The molecule has 1 rings (SSSR count). The van der Waals surface area contributed by atoms with Crippen LogP contribution in [-0.4, -0.2) is 29.7 Å². The van der Waals surface area contributed by atoms with Crippen LogP contribution in [0.5, 0.6) is 17.2 Å². The van der Waals surface area contributed by atoms with Gasteiger partial charge in [0, 0.05) is 6.08 Å². The van der Waals surface area contributed by atoms with Crippen molar-refractivity contribution in [3.8, 4) is 17.2 Å². The quantitative estimate of drug-likeness (QED) is 0.654. The number of hydrogen-bond acceptors (Lipinski definition) is 5. The zero-order valence-corrected chi connectivity index (χ0v) is 12.8. The van der Waals surface area contributed by atoms with Gasteiger partial charge >= 0.3 is 10.4 Å². The van der Waals surface area contributed by atoms with Crippen molar-refractivity contribution in [3.05, 3.63) is 23.3 Å². The van der Waals surface area contributed by atoms with E-state index >= 15 is 0 Å². The highest BCUT2D eigenvalue weighted by atomic mass is 32.3. The minimum absolute atomic E-state index is 0.253. The monoisotopic (exact) mass is 365 g/mol. The highest BCUT2D eigenvalue weighted by Crippen LogP contribution is 2.42. The summed E-state index contributed by atoms with van der Waals surface area (Å²) in [5.41, 5.74) is -0.532. The summed E-state index contributed by atoms with van der Waals surface area (Å²) in [7, 11) is -1.52. The Bertz CT molecular complexity index is 650. The van der Waals surface area contributed by atoms with E-state index in [0.717, 1.165) is 21.3 Å². The molecule has 23 heavy (non-hydrogen) atoms. The zero-order valence-electron chi connectivity index (χ0n) is 12.0. The number of methoxy groups -OCH3 is 3. The Labute approximate surface area is 128 Å². The standard InChI is InChI=1S/C11H10F4O3.FH2NO2S/c1-16-9-5(4-6(12)13)10(17-2)8(15)11(18-3)7(9)14;1-5(2,3)4/h4H,1-3H3;(H2,2,3,4). The Balaban J connectivity index is 0.000000841. The fraction of sp³-hybridized carbons (Fsp3) is 0.273. The molecule has 6 nitrogen and oxygen atoms in total. The summed E-state index contributed by atoms with van der Waals surface area (Å²) < 4.78 is 93.7. The normalized spacial score (nSPS) is 10.3. The third-order valence-electron chi connectivity index (χ3n) is 2.15. The zero-order chi connectivity index (χ0) is 18.4. The first-order valence-corrected chi connectivity index (χ1v) is 6.84. The minimum Gasteiger partial charge on any atom is -0.493 e. The molecule has 0 saturated carbocycles. The summed E-state index contributed by atoms with van der Waals surface area (Å²) >= 11 is 0. The van der Waals surface area contributed by atoms with Gasteiger partial charge in [-0.3, -0.25) is 0 Å². The molecular formula is C11H12F5NO5S. The molecule has 0 aliphatic heterocycles. The number of benzene rings is 1. The van der Waals surface area contributed by atoms with Gasteiger partial charge in [-0.1, -0.05) is 3.89 Å². The van der Waals surface area contributed by atoms with Crippen LogP contribution >= 0.6 is 0 Å². The lowest BCUT2D eigenvalue weighted by Crippen LogP contribution is -2.03. The highest BCUT2D eigenvalue weighted by molar-refractivity contribution is 7.84. The van der Waals surface area contributed by atoms with Crippen LogP contribution in [0.4, 0.5) is 21.4 Å². The Hall–Kier alpha value is -2.08. The van der Waals surface area contributed by atoms with Crippen LogP contribution in [0.3, 0.4) is 0 Å². The van der Waals surface area contributed by atoms with Gasteiger partial charge in [-0.15, -0.1) is 0 Å². The molecule has 0 amide bonds. The molecule has 0 radical (unpaired) electrons. The topological polar surface area (TPSA) is 87.8 Å². The van der Waals surface area contributed by atoms with Crippen LogP contribution in [0.2, 0.25) is 0 Å². The average molecular weight is 365 g/mol. The maximum absolute atomic E-state index is 13.7. The molecule has 0 heterocycles. The molecule has 0 spiro atoms. The molecule has 12 heteroatoms. The van der Waals surface area contributed by atoms with Gasteiger partial charge in [0.25, 0.3) is 6.08 Å². The molecule has 0 fully saturated rings. The van der Waals surface area contributed by atoms with E-state index in [2.05, 4.69) is 19.3 Å². The molecule has 0 aromatic heterocycles. The van der Waals surface area contributed by atoms with Gasteiger partial charge in [0.2, 0.25) is 11.6 Å². The Morgan fingerprint density at radius 2 is 1.26 bits per heavy atom. The second-order valence-electron chi connectivity index (χ2n) is 3.55. The molecule has 0 aliphatic carbocycles. The SMILES string of the molecule is COc1c(F)c(OC)c(C=C(F)F)c(OC)c1F.NS(=O)(=O)F. The van der Waals surface area contributed by atoms with E-state index in [1.165, 1.54) is 0 Å². The van der Waals surface area contributed by atoms with Gasteiger partial charge in [0.15, 0.2) is 17.2 Å². The second-order valence-corrected chi connectivity index (χ2v) is 4.50. The van der Waals surface area contributed by atoms with Gasteiger partial charge in [-0.05, 0) is 0 Å². The van der Waals surface area contributed by atoms with Gasteiger partial charge in [0.05, 0.1) is 26.9 Å². The third-order valence-corrected chi connectivity index (χ3v) is 2.15. The van der Waals surface area contributed by atoms with Crippen LogP contribution in [0.25, 0.3) is 6.08 Å². The molecule has 1 aromatic rings. The van der Waals surface area contributed by atoms with E-state index in [1.54, 1.807) is 0 Å². The van der Waals surface area contributed by atoms with Gasteiger partial charge < -0.3 is 14.2 Å². The number of ether oxygens (including phenoxy) is 3. The lowest BCUT2D eigenvalue weighted by molar-refractivity contribution is 0.311. The summed E-state index contributed by atoms with van der Waals surface area (Å²) in [4.78, 5) is 0. The van der Waals surface area contributed by atoms with Crippen LogP contribution < -0.4 is 19.3 Å². The molecular weight excluding hydrogens is 353 g/mol. The van der Waals surface area contributed by atoms with Gasteiger partial charge in [-0.25, -0.2) is 5.14 Å². The predicted octanol–water partition coefficient (Wildman–Crippen LogP) is 2.39. The first kappa shape index (κ1) is 20.9. The van der Waals surface area contributed by atoms with Crippen molar-refractivity contribution in [1.29, 1.82) is 0 Å². The molecule has 0 saturated heterocycles. The molecule has 1 aromatic carbocycles. The maximum atomic E-state index is 13.7. The Morgan fingerprint density at radius 3 is 1.48 bits per heavy atom. The summed E-state index contributed by atoms with van der Waals surface area (Å²) in [6.07, 6.45) is -1.89. The van der Waals surface area contributed by atoms with Crippen molar-refractivity contribution in [1.82, 2.24) is 0 Å². The van der Waals surface area contributed by atoms with E-state index in [9.17, 15) is 21.4 Å². The van der Waals surface area contributed by atoms with Gasteiger partial charge in [-0.2, -0.15) is 26.0 Å². The number of nitrogens with two attached hydrogens (primary N) is 1. The largest absolute Gasteiger partial charge is 0.493 e. The molecule has 2 N–H and O–H groups in total.